The van der Waals surface area contributed by atoms with Crippen LogP contribution in [0.2, 0.25) is 0 Å². The SMILES string of the molecule is COc1cccc(Oc2ccc([N+](=O)O)cc2S(=O)(=O)NC(=O)NC(C)(C)C)c1. The summed E-state index contributed by atoms with van der Waals surface area (Å²) in [6, 6.07) is 8.68. The van der Waals surface area contributed by atoms with Crippen LogP contribution in [-0.4, -0.2) is 37.2 Å². The Morgan fingerprint density at radius 2 is 1.76 bits per heavy atom. The van der Waals surface area contributed by atoms with Crippen LogP contribution >= 0.6 is 0 Å². The Morgan fingerprint density at radius 3 is 2.34 bits per heavy atom. The fourth-order valence-corrected chi connectivity index (χ4v) is 3.30. The minimum Gasteiger partial charge on any atom is -0.497 e. The predicted octanol–water partition coefficient (Wildman–Crippen LogP) is 3.07. The van der Waals surface area contributed by atoms with Crippen molar-refractivity contribution in [1.29, 1.82) is 0 Å². The van der Waals surface area contributed by atoms with E-state index < -0.39 is 31.4 Å². The van der Waals surface area contributed by atoms with Crippen molar-refractivity contribution in [3.63, 3.8) is 0 Å². The molecule has 0 atom stereocenters. The summed E-state index contributed by atoms with van der Waals surface area (Å²) in [6.45, 7) is 5.04. The van der Waals surface area contributed by atoms with Crippen molar-refractivity contribution in [1.82, 2.24) is 10.0 Å². The summed E-state index contributed by atoms with van der Waals surface area (Å²) >= 11 is 0. The number of nitrogens with zero attached hydrogens (tertiary/aromatic N) is 1. The minimum absolute atomic E-state index is 0.167. The van der Waals surface area contributed by atoms with Crippen LogP contribution in [0.1, 0.15) is 20.8 Å². The number of sulfonamides is 1. The number of hydrogen-bond donors (Lipinski definition) is 3. The predicted molar refractivity (Wildman–Crippen MR) is 103 cm³/mol. The van der Waals surface area contributed by atoms with Crippen molar-refractivity contribution in [2.45, 2.75) is 31.2 Å². The molecule has 11 heteroatoms. The van der Waals surface area contributed by atoms with Gasteiger partial charge in [0, 0.05) is 23.7 Å². The molecule has 0 spiro atoms. The van der Waals surface area contributed by atoms with Gasteiger partial charge in [-0.05, 0) is 39.0 Å². The number of ether oxygens (including phenoxy) is 2. The highest BCUT2D eigenvalue weighted by atomic mass is 32.2. The molecule has 2 aromatic rings. The molecule has 0 aromatic heterocycles. The maximum Gasteiger partial charge on any atom is 0.329 e. The number of nitrogens with one attached hydrogen (secondary N) is 2. The van der Waals surface area contributed by atoms with Gasteiger partial charge in [-0.1, -0.05) is 6.07 Å². The lowest BCUT2D eigenvalue weighted by atomic mass is 10.1. The molecule has 2 rings (SSSR count). The van der Waals surface area contributed by atoms with E-state index in [0.717, 1.165) is 12.1 Å². The first-order valence-electron chi connectivity index (χ1n) is 8.38. The summed E-state index contributed by atoms with van der Waals surface area (Å²) in [4.78, 5) is 22.2. The number of hydrogen-bond acceptors (Lipinski definition) is 6. The van der Waals surface area contributed by atoms with Crippen LogP contribution in [0.4, 0.5) is 10.5 Å². The first kappa shape index (κ1) is 22.0. The lowest BCUT2D eigenvalue weighted by Gasteiger charge is -2.21. The number of carbonyl (C=O) groups is 1. The number of carbonyl (C=O) groups excluding carboxylic acids is 1. The zero-order chi connectivity index (χ0) is 21.8. The van der Waals surface area contributed by atoms with E-state index in [1.54, 1.807) is 39.0 Å². The van der Waals surface area contributed by atoms with Gasteiger partial charge < -0.3 is 14.8 Å². The fourth-order valence-electron chi connectivity index (χ4n) is 2.24. The number of amides is 2. The topological polar surface area (TPSA) is 134 Å². The molecule has 0 radical (unpaired) electrons. The summed E-state index contributed by atoms with van der Waals surface area (Å²) in [5, 5.41) is 11.6. The van der Waals surface area contributed by atoms with E-state index >= 15 is 0 Å². The number of urea groups is 1. The van der Waals surface area contributed by atoms with Gasteiger partial charge in [0.1, 0.15) is 22.1 Å². The molecule has 0 saturated carbocycles. The third kappa shape index (κ3) is 6.07. The van der Waals surface area contributed by atoms with E-state index in [9.17, 15) is 18.1 Å². The van der Waals surface area contributed by atoms with Crippen LogP contribution in [-0.2, 0) is 10.0 Å². The molecule has 0 bridgehead atoms. The maximum absolute atomic E-state index is 12.8. The first-order valence-corrected chi connectivity index (χ1v) is 9.87. The maximum atomic E-state index is 12.8. The second kappa shape index (κ2) is 8.35. The number of benzene rings is 2. The summed E-state index contributed by atoms with van der Waals surface area (Å²) in [7, 11) is -2.99. The Kier molecular flexibility index (Phi) is 6.32. The summed E-state index contributed by atoms with van der Waals surface area (Å²) < 4.78 is 38.1. The second-order valence-electron chi connectivity index (χ2n) is 6.99. The van der Waals surface area contributed by atoms with Gasteiger partial charge in [-0.2, -0.15) is 0 Å². The highest BCUT2D eigenvalue weighted by Gasteiger charge is 2.28. The minimum atomic E-state index is -4.45. The molecule has 0 saturated heterocycles. The largest absolute Gasteiger partial charge is 0.497 e. The van der Waals surface area contributed by atoms with Gasteiger partial charge in [0.15, 0.2) is 0 Å². The van der Waals surface area contributed by atoms with Gasteiger partial charge in [0.05, 0.1) is 12.0 Å². The zero-order valence-corrected chi connectivity index (χ0v) is 17.1. The molecule has 0 aliphatic carbocycles. The summed E-state index contributed by atoms with van der Waals surface area (Å²) in [5.74, 6) is 0.572. The molecule has 10 nitrogen and oxygen atoms in total. The Morgan fingerprint density at radius 1 is 1.10 bits per heavy atom. The van der Waals surface area contributed by atoms with Crippen molar-refractivity contribution < 1.29 is 32.8 Å². The van der Waals surface area contributed by atoms with Gasteiger partial charge in [-0.25, -0.2) is 23.1 Å². The van der Waals surface area contributed by atoms with E-state index in [1.165, 1.54) is 19.2 Å². The standard InChI is InChI=1S/C18H21N3O7S/c1-18(2,3)19-17(22)20-29(25,26)16-10-12(21(23)24)8-9-15(16)28-14-7-5-6-13(11-14)27-4/h5-11H,1-4H3,(H2-,19,20,22,23,24)/p+1. The third-order valence-electron chi connectivity index (χ3n) is 3.42. The van der Waals surface area contributed by atoms with Crippen molar-refractivity contribution in [2.24, 2.45) is 0 Å². The number of methoxy groups -OCH3 is 1. The molecule has 0 fully saturated rings. The van der Waals surface area contributed by atoms with E-state index in [2.05, 4.69) is 5.32 Å². The zero-order valence-electron chi connectivity index (χ0n) is 16.3. The molecule has 156 valence electrons. The third-order valence-corrected chi connectivity index (χ3v) is 4.77. The van der Waals surface area contributed by atoms with Crippen LogP contribution in [0.3, 0.4) is 0 Å². The molecule has 2 amide bonds. The normalized spacial score (nSPS) is 11.4. The average Bonchev–Trinajstić information content (AvgIpc) is 2.59. The molecule has 3 N–H and O–H groups in total. The van der Waals surface area contributed by atoms with Crippen molar-refractivity contribution >= 4 is 21.7 Å². The Balaban J connectivity index is 2.45. The average molecular weight is 424 g/mol. The second-order valence-corrected chi connectivity index (χ2v) is 8.65. The lowest BCUT2D eigenvalue weighted by Crippen LogP contribution is -2.48. The summed E-state index contributed by atoms with van der Waals surface area (Å²) in [5.41, 5.74) is -1.04. The summed E-state index contributed by atoms with van der Waals surface area (Å²) in [6.07, 6.45) is 0. The molecule has 2 aromatic carbocycles. The molecule has 0 aliphatic rings. The van der Waals surface area contributed by atoms with Gasteiger partial charge in [0.2, 0.25) is 0 Å². The quantitative estimate of drug-likeness (QED) is 0.607. The molecular formula is C18H22N3O7S+. The van der Waals surface area contributed by atoms with Gasteiger partial charge in [0.25, 0.3) is 14.9 Å². The fraction of sp³-hybridized carbons (Fsp3) is 0.278. The van der Waals surface area contributed by atoms with Crippen LogP contribution in [0.25, 0.3) is 0 Å². The Bertz CT molecular complexity index is 1030. The molecule has 0 aliphatic heterocycles. The van der Waals surface area contributed by atoms with Crippen LogP contribution in [0.15, 0.2) is 47.4 Å². The van der Waals surface area contributed by atoms with E-state index in [-0.39, 0.29) is 17.2 Å². The molecule has 29 heavy (non-hydrogen) atoms. The van der Waals surface area contributed by atoms with E-state index in [4.69, 9.17) is 14.7 Å². The molecular weight excluding hydrogens is 402 g/mol. The first-order chi connectivity index (χ1) is 13.4. The van der Waals surface area contributed by atoms with Gasteiger partial charge in [-0.15, -0.1) is 0 Å². The monoisotopic (exact) mass is 424 g/mol. The number of rotatable bonds is 6. The van der Waals surface area contributed by atoms with E-state index in [1.807, 2.05) is 4.72 Å². The van der Waals surface area contributed by atoms with E-state index in [0.29, 0.717) is 5.75 Å². The van der Waals surface area contributed by atoms with Crippen LogP contribution in [0, 0.1) is 4.91 Å². The molecule has 0 heterocycles. The highest BCUT2D eigenvalue weighted by Crippen LogP contribution is 2.33. The van der Waals surface area contributed by atoms with Crippen molar-refractivity contribution in [3.8, 4) is 17.2 Å². The smallest absolute Gasteiger partial charge is 0.329 e. The van der Waals surface area contributed by atoms with Gasteiger partial charge >= 0.3 is 11.7 Å². The lowest BCUT2D eigenvalue weighted by molar-refractivity contribution is -0.729. The van der Waals surface area contributed by atoms with Crippen LogP contribution < -0.4 is 19.5 Å². The van der Waals surface area contributed by atoms with Gasteiger partial charge in [-0.3, -0.25) is 0 Å². The van der Waals surface area contributed by atoms with Crippen molar-refractivity contribution in [2.75, 3.05) is 7.11 Å². The van der Waals surface area contributed by atoms with Crippen LogP contribution in [0.5, 0.6) is 17.2 Å². The van der Waals surface area contributed by atoms with Crippen molar-refractivity contribution in [3.05, 3.63) is 47.4 Å². The molecule has 0 unspecified atom stereocenters. The Hall–Kier alpha value is -3.34. The Labute approximate surface area is 168 Å². The highest BCUT2D eigenvalue weighted by molar-refractivity contribution is 7.90.